The smallest absolute Gasteiger partial charge is 0.223 e. The van der Waals surface area contributed by atoms with Crippen LogP contribution in [-0.2, 0) is 0 Å². The van der Waals surface area contributed by atoms with Gasteiger partial charge in [-0.25, -0.2) is 4.98 Å². The van der Waals surface area contributed by atoms with Crippen LogP contribution in [0.2, 0.25) is 0 Å². The van der Waals surface area contributed by atoms with Gasteiger partial charge in [-0.3, -0.25) is 4.79 Å². The van der Waals surface area contributed by atoms with E-state index in [1.54, 1.807) is 6.07 Å². The van der Waals surface area contributed by atoms with Gasteiger partial charge in [-0.15, -0.1) is 0 Å². The van der Waals surface area contributed by atoms with Crippen LogP contribution in [0.1, 0.15) is 36.5 Å². The largest absolute Gasteiger partial charge is 0.293 e. The van der Waals surface area contributed by atoms with Crippen molar-refractivity contribution in [3.63, 3.8) is 0 Å². The van der Waals surface area contributed by atoms with Crippen molar-refractivity contribution in [1.29, 1.82) is 0 Å². The third-order valence-corrected chi connectivity index (χ3v) is 3.01. The number of ketones is 1. The molecule has 0 atom stereocenters. The summed E-state index contributed by atoms with van der Waals surface area (Å²) in [5.41, 5.74) is -0.209. The average Bonchev–Trinajstić information content (AvgIpc) is 2.14. The third kappa shape index (κ3) is 1.33. The van der Waals surface area contributed by atoms with E-state index in [0.29, 0.717) is 0 Å². The van der Waals surface area contributed by atoms with Gasteiger partial charge in [-0.2, -0.15) is 4.39 Å². The first kappa shape index (κ1) is 9.31. The van der Waals surface area contributed by atoms with Gasteiger partial charge < -0.3 is 0 Å². The standard InChI is InChI=1S/C11H12FNO/c1-11(5-3-6-11)9(14)8-4-2-7-13-10(8)12/h2,4,7H,3,5-6H2,1H3. The molecule has 0 bridgehead atoms. The van der Waals surface area contributed by atoms with Crippen LogP contribution in [0.5, 0.6) is 0 Å². The zero-order valence-corrected chi connectivity index (χ0v) is 8.09. The number of aromatic nitrogens is 1. The molecule has 0 unspecified atom stereocenters. The summed E-state index contributed by atoms with van der Waals surface area (Å²) in [5.74, 6) is -0.750. The second-order valence-corrected chi connectivity index (χ2v) is 4.09. The lowest BCUT2D eigenvalue weighted by Crippen LogP contribution is -2.35. The Balaban J connectivity index is 2.32. The van der Waals surface area contributed by atoms with Crippen molar-refractivity contribution in [1.82, 2.24) is 4.98 Å². The second kappa shape index (κ2) is 3.15. The Morgan fingerprint density at radius 1 is 1.57 bits per heavy atom. The van der Waals surface area contributed by atoms with Crippen molar-refractivity contribution in [2.75, 3.05) is 0 Å². The summed E-state index contributed by atoms with van der Waals surface area (Å²) in [7, 11) is 0. The third-order valence-electron chi connectivity index (χ3n) is 3.01. The maximum absolute atomic E-state index is 13.2. The van der Waals surface area contributed by atoms with E-state index in [1.807, 2.05) is 6.92 Å². The van der Waals surface area contributed by atoms with Gasteiger partial charge in [-0.05, 0) is 25.0 Å². The highest BCUT2D eigenvalue weighted by Gasteiger charge is 2.40. The minimum absolute atomic E-state index is 0.102. The van der Waals surface area contributed by atoms with E-state index in [4.69, 9.17) is 0 Å². The first-order valence-electron chi connectivity index (χ1n) is 4.79. The molecule has 0 aromatic carbocycles. The Bertz CT molecular complexity index is 371. The predicted octanol–water partition coefficient (Wildman–Crippen LogP) is 2.59. The number of carbonyl (C=O) groups is 1. The highest BCUT2D eigenvalue weighted by Crippen LogP contribution is 2.43. The summed E-state index contributed by atoms with van der Waals surface area (Å²) in [6.45, 7) is 1.89. The first-order chi connectivity index (χ1) is 6.63. The summed E-state index contributed by atoms with van der Waals surface area (Å²) >= 11 is 0. The van der Waals surface area contributed by atoms with E-state index in [0.717, 1.165) is 19.3 Å². The molecular formula is C11H12FNO. The van der Waals surface area contributed by atoms with Crippen LogP contribution in [0.3, 0.4) is 0 Å². The molecule has 1 aromatic heterocycles. The van der Waals surface area contributed by atoms with E-state index in [2.05, 4.69) is 4.98 Å². The topological polar surface area (TPSA) is 30.0 Å². The van der Waals surface area contributed by atoms with Gasteiger partial charge >= 0.3 is 0 Å². The van der Waals surface area contributed by atoms with Crippen molar-refractivity contribution in [3.8, 4) is 0 Å². The number of rotatable bonds is 2. The van der Waals surface area contributed by atoms with Crippen LogP contribution in [0, 0.1) is 11.4 Å². The van der Waals surface area contributed by atoms with Crippen LogP contribution in [0.25, 0.3) is 0 Å². The van der Waals surface area contributed by atoms with Crippen LogP contribution in [0.4, 0.5) is 4.39 Å². The molecule has 0 radical (unpaired) electrons. The number of hydrogen-bond donors (Lipinski definition) is 0. The van der Waals surface area contributed by atoms with Crippen LogP contribution < -0.4 is 0 Å². The maximum atomic E-state index is 13.2. The minimum atomic E-state index is -0.648. The Morgan fingerprint density at radius 2 is 2.29 bits per heavy atom. The molecule has 0 saturated heterocycles. The highest BCUT2D eigenvalue weighted by atomic mass is 19.1. The number of carbonyl (C=O) groups excluding carboxylic acids is 1. The number of Topliss-reactive ketones (excluding diaryl/α,β-unsaturated/α-hetero) is 1. The molecule has 74 valence electrons. The zero-order chi connectivity index (χ0) is 10.2. The molecule has 0 aliphatic heterocycles. The molecule has 1 heterocycles. The lowest BCUT2D eigenvalue weighted by atomic mass is 9.66. The monoisotopic (exact) mass is 193 g/mol. The molecule has 1 aliphatic carbocycles. The Labute approximate surface area is 82.2 Å². The average molecular weight is 193 g/mol. The molecule has 1 saturated carbocycles. The molecule has 2 rings (SSSR count). The van der Waals surface area contributed by atoms with Crippen molar-refractivity contribution < 1.29 is 9.18 Å². The van der Waals surface area contributed by atoms with Crippen LogP contribution in [0.15, 0.2) is 18.3 Å². The molecule has 3 heteroatoms. The Kier molecular flexibility index (Phi) is 2.10. The zero-order valence-electron chi connectivity index (χ0n) is 8.09. The molecular weight excluding hydrogens is 181 g/mol. The molecule has 1 fully saturated rings. The molecule has 1 aliphatic rings. The number of halogens is 1. The van der Waals surface area contributed by atoms with Crippen molar-refractivity contribution >= 4 is 5.78 Å². The predicted molar refractivity (Wildman–Crippen MR) is 50.5 cm³/mol. The maximum Gasteiger partial charge on any atom is 0.223 e. The van der Waals surface area contributed by atoms with E-state index < -0.39 is 5.95 Å². The fraction of sp³-hybridized carbons (Fsp3) is 0.455. The van der Waals surface area contributed by atoms with Gasteiger partial charge in [0.25, 0.3) is 0 Å². The Hall–Kier alpha value is -1.25. The van der Waals surface area contributed by atoms with Crippen molar-refractivity contribution in [2.24, 2.45) is 5.41 Å². The summed E-state index contributed by atoms with van der Waals surface area (Å²) in [5, 5.41) is 0. The fourth-order valence-electron chi connectivity index (χ4n) is 1.81. The molecule has 14 heavy (non-hydrogen) atoms. The van der Waals surface area contributed by atoms with Crippen LogP contribution in [-0.4, -0.2) is 10.8 Å². The van der Waals surface area contributed by atoms with Gasteiger partial charge in [0.15, 0.2) is 5.78 Å². The van der Waals surface area contributed by atoms with Gasteiger partial charge in [0.2, 0.25) is 5.95 Å². The SMILES string of the molecule is CC1(C(=O)c2cccnc2F)CCC1. The highest BCUT2D eigenvalue weighted by molar-refractivity contribution is 6.00. The number of nitrogens with zero attached hydrogens (tertiary/aromatic N) is 1. The fourth-order valence-corrected chi connectivity index (χ4v) is 1.81. The number of pyridine rings is 1. The van der Waals surface area contributed by atoms with Gasteiger partial charge in [0, 0.05) is 11.6 Å². The molecule has 0 spiro atoms. The summed E-state index contributed by atoms with van der Waals surface area (Å²) in [6, 6.07) is 3.10. The molecule has 1 aromatic rings. The van der Waals surface area contributed by atoms with E-state index in [1.165, 1.54) is 12.3 Å². The van der Waals surface area contributed by atoms with E-state index in [-0.39, 0.29) is 16.8 Å². The lowest BCUT2D eigenvalue weighted by Gasteiger charge is -2.36. The normalized spacial score (nSPS) is 18.7. The molecule has 0 N–H and O–H groups in total. The van der Waals surface area contributed by atoms with Gasteiger partial charge in [0.05, 0.1) is 5.56 Å². The lowest BCUT2D eigenvalue weighted by molar-refractivity contribution is 0.0658. The van der Waals surface area contributed by atoms with Gasteiger partial charge in [0.1, 0.15) is 0 Å². The summed E-state index contributed by atoms with van der Waals surface area (Å²) < 4.78 is 13.2. The quantitative estimate of drug-likeness (QED) is 0.533. The number of hydrogen-bond acceptors (Lipinski definition) is 2. The Morgan fingerprint density at radius 3 is 2.79 bits per heavy atom. The molecule has 2 nitrogen and oxygen atoms in total. The van der Waals surface area contributed by atoms with Gasteiger partial charge in [-0.1, -0.05) is 13.3 Å². The molecule has 0 amide bonds. The first-order valence-corrected chi connectivity index (χ1v) is 4.79. The van der Waals surface area contributed by atoms with Crippen molar-refractivity contribution in [2.45, 2.75) is 26.2 Å². The summed E-state index contributed by atoms with van der Waals surface area (Å²) in [4.78, 5) is 15.4. The second-order valence-electron chi connectivity index (χ2n) is 4.09. The van der Waals surface area contributed by atoms with Crippen molar-refractivity contribution in [3.05, 3.63) is 29.8 Å². The minimum Gasteiger partial charge on any atom is -0.293 e. The van der Waals surface area contributed by atoms with Crippen LogP contribution >= 0.6 is 0 Å². The summed E-state index contributed by atoms with van der Waals surface area (Å²) in [6.07, 6.45) is 4.14. The van der Waals surface area contributed by atoms with E-state index in [9.17, 15) is 9.18 Å². The van der Waals surface area contributed by atoms with E-state index >= 15 is 0 Å².